The van der Waals surface area contributed by atoms with Crippen LogP contribution in [0.15, 0.2) is 229 Å². The van der Waals surface area contributed by atoms with E-state index < -0.39 is 0 Å². The van der Waals surface area contributed by atoms with Crippen LogP contribution < -0.4 is 14.7 Å². The van der Waals surface area contributed by atoms with Crippen molar-refractivity contribution in [3.63, 3.8) is 0 Å². The Morgan fingerprint density at radius 2 is 0.972 bits per heavy atom. The maximum Gasteiger partial charge on any atom is 0.163 e. The minimum absolute atomic E-state index is 0.0684. The zero-order valence-electron chi connectivity index (χ0n) is 42.4. The zero-order chi connectivity index (χ0) is 49.6. The first-order chi connectivity index (χ1) is 34.4. The minimum atomic E-state index is -0.102. The molecular formula is C65H64N6. The molecule has 2 aliphatic carbocycles. The summed E-state index contributed by atoms with van der Waals surface area (Å²) in [6.45, 7) is 21.6. The van der Waals surface area contributed by atoms with E-state index >= 15 is 0 Å². The first-order valence-electron chi connectivity index (χ1n) is 24.8. The normalized spacial score (nSPS) is 16.7. The molecule has 0 saturated carbocycles. The Morgan fingerprint density at radius 1 is 0.535 bits per heavy atom. The summed E-state index contributed by atoms with van der Waals surface area (Å²) in [5, 5.41) is 0. The highest BCUT2D eigenvalue weighted by molar-refractivity contribution is 5.78. The van der Waals surface area contributed by atoms with Crippen molar-refractivity contribution in [3.05, 3.63) is 257 Å². The predicted molar refractivity (Wildman–Crippen MR) is 300 cm³/mol. The van der Waals surface area contributed by atoms with Crippen molar-refractivity contribution in [2.75, 3.05) is 14.7 Å². The Morgan fingerprint density at radius 3 is 1.39 bits per heavy atom. The molecule has 1 heterocycles. The molecule has 0 bridgehead atoms. The van der Waals surface area contributed by atoms with Crippen LogP contribution in [0.4, 0.5) is 34.1 Å². The van der Waals surface area contributed by atoms with Gasteiger partial charge in [-0.2, -0.15) is 0 Å². The molecule has 0 N–H and O–H groups in total. The van der Waals surface area contributed by atoms with Gasteiger partial charge >= 0.3 is 0 Å². The van der Waals surface area contributed by atoms with E-state index in [9.17, 15) is 0 Å². The summed E-state index contributed by atoms with van der Waals surface area (Å²) in [6, 6.07) is 52.2. The predicted octanol–water partition coefficient (Wildman–Crippen LogP) is 17.0. The van der Waals surface area contributed by atoms with Crippen molar-refractivity contribution < 1.29 is 0 Å². The molecule has 9 rings (SSSR count). The van der Waals surface area contributed by atoms with Crippen LogP contribution in [-0.4, -0.2) is 21.0 Å². The number of aryl methyl sites for hydroxylation is 4. The fourth-order valence-electron chi connectivity index (χ4n) is 9.16. The van der Waals surface area contributed by atoms with Gasteiger partial charge in [0.1, 0.15) is 5.82 Å². The summed E-state index contributed by atoms with van der Waals surface area (Å²) in [5.41, 5.74) is 17.7. The van der Waals surface area contributed by atoms with E-state index in [1.54, 1.807) is 0 Å². The highest BCUT2D eigenvalue weighted by Gasteiger charge is 2.27. The number of aromatic nitrogens is 3. The largest absolute Gasteiger partial charge is 0.335 e. The molecule has 354 valence electrons. The highest BCUT2D eigenvalue weighted by atomic mass is 15.2. The summed E-state index contributed by atoms with van der Waals surface area (Å²) < 4.78 is 0. The number of anilines is 6. The second-order valence-electron chi connectivity index (χ2n) is 19.1. The third kappa shape index (κ3) is 11.0. The van der Waals surface area contributed by atoms with Gasteiger partial charge in [-0.25, -0.2) is 15.0 Å². The van der Waals surface area contributed by atoms with Crippen molar-refractivity contribution in [2.24, 2.45) is 5.92 Å². The van der Waals surface area contributed by atoms with E-state index in [1.807, 2.05) is 0 Å². The molecule has 0 fully saturated rings. The van der Waals surface area contributed by atoms with Crippen LogP contribution in [0.5, 0.6) is 0 Å². The molecule has 1 aromatic heterocycles. The van der Waals surface area contributed by atoms with Crippen molar-refractivity contribution in [1.82, 2.24) is 15.0 Å². The van der Waals surface area contributed by atoms with Gasteiger partial charge < -0.3 is 14.7 Å². The van der Waals surface area contributed by atoms with Crippen molar-refractivity contribution in [3.8, 4) is 22.8 Å². The van der Waals surface area contributed by atoms with E-state index in [2.05, 4.69) is 277 Å². The lowest BCUT2D eigenvalue weighted by molar-refractivity contribution is 0.594. The average molecular weight is 929 g/mol. The number of hydrogen-bond acceptors (Lipinski definition) is 6. The molecular weight excluding hydrogens is 865 g/mol. The number of nitrogens with zero attached hydrogens (tertiary/aromatic N) is 6. The SMILES string of the molecule is C=C(/C=C\C(C)=C/C)N(c1ccc(-c2nc(-c3ccc(N(c4ccc(C)cc4)c4ccc(C)cc4)cc3)nc(C3C=CC(N(c4ccc(C)cc4)c4ccc(C)cc4)=CC3C)n2)cc1)C1C=CC(C)=CC1. The molecule has 6 heteroatoms. The highest BCUT2D eigenvalue weighted by Crippen LogP contribution is 2.40. The van der Waals surface area contributed by atoms with Crippen molar-refractivity contribution in [1.29, 1.82) is 0 Å². The van der Waals surface area contributed by atoms with Gasteiger partial charge in [-0.1, -0.05) is 138 Å². The standard InChI is InChI=1S/C65H64N6/c1-10-44(2)11-22-51(9)69(54-27-12-45(3)13-28-54)55-37-23-52(24-38-55)63-66-64(53-25-39-60(40-26-53)70(56-29-14-46(4)15-30-56)57-31-16-47(5)17-32-57)68-65(67-63)62-42-41-61(43-50(62)8)71(58-33-18-48(6)19-34-58)59-35-20-49(7)21-36-59/h10-27,29-43,50,54,62H,9,28H2,1-8H3/b22-11-,44-10-. The number of rotatable bonds is 14. The van der Waals surface area contributed by atoms with Gasteiger partial charge in [0.05, 0.1) is 6.04 Å². The van der Waals surface area contributed by atoms with Crippen LogP contribution in [0.2, 0.25) is 0 Å². The Balaban J connectivity index is 1.11. The van der Waals surface area contributed by atoms with E-state index in [4.69, 9.17) is 15.0 Å². The fourth-order valence-corrected chi connectivity index (χ4v) is 9.16. The average Bonchev–Trinajstić information content (AvgIpc) is 3.39. The van der Waals surface area contributed by atoms with E-state index in [1.165, 1.54) is 33.4 Å². The van der Waals surface area contributed by atoms with Gasteiger partial charge in [-0.05, 0) is 170 Å². The number of allylic oxidation sites excluding steroid dienone is 9. The van der Waals surface area contributed by atoms with Crippen LogP contribution in [-0.2, 0) is 0 Å². The van der Waals surface area contributed by atoms with E-state index in [-0.39, 0.29) is 17.9 Å². The second kappa shape index (κ2) is 21.3. The van der Waals surface area contributed by atoms with Gasteiger partial charge in [0.15, 0.2) is 11.6 Å². The maximum absolute atomic E-state index is 5.32. The van der Waals surface area contributed by atoms with Crippen LogP contribution >= 0.6 is 0 Å². The van der Waals surface area contributed by atoms with Gasteiger partial charge in [0, 0.05) is 62.6 Å². The summed E-state index contributed by atoms with van der Waals surface area (Å²) in [6.07, 6.45) is 20.9. The minimum Gasteiger partial charge on any atom is -0.335 e. The molecule has 71 heavy (non-hydrogen) atoms. The molecule has 0 saturated heterocycles. The molecule has 6 nitrogen and oxygen atoms in total. The van der Waals surface area contributed by atoms with E-state index in [0.29, 0.717) is 11.6 Å². The summed E-state index contributed by atoms with van der Waals surface area (Å²) >= 11 is 0. The first-order valence-corrected chi connectivity index (χ1v) is 24.8. The van der Waals surface area contributed by atoms with Gasteiger partial charge in [-0.3, -0.25) is 0 Å². The van der Waals surface area contributed by atoms with Crippen molar-refractivity contribution >= 4 is 34.1 Å². The Hall–Kier alpha value is -8.09. The van der Waals surface area contributed by atoms with E-state index in [0.717, 1.165) is 68.9 Å². The molecule has 0 radical (unpaired) electrons. The topological polar surface area (TPSA) is 48.4 Å². The monoisotopic (exact) mass is 929 g/mol. The maximum atomic E-state index is 5.32. The molecule has 0 aliphatic heterocycles. The second-order valence-corrected chi connectivity index (χ2v) is 19.1. The molecule has 3 atom stereocenters. The lowest BCUT2D eigenvalue weighted by atomic mass is 9.87. The molecule has 3 unspecified atom stereocenters. The fraction of sp³-hybridized carbons (Fsp3) is 0.185. The summed E-state index contributed by atoms with van der Waals surface area (Å²) in [7, 11) is 0. The molecule has 2 aliphatic rings. The molecule has 7 aromatic rings. The summed E-state index contributed by atoms with van der Waals surface area (Å²) in [4.78, 5) is 22.8. The quantitative estimate of drug-likeness (QED) is 0.101. The Bertz CT molecular complexity index is 3100. The summed E-state index contributed by atoms with van der Waals surface area (Å²) in [5.74, 6) is 1.95. The number of benzene rings is 6. The van der Waals surface area contributed by atoms with Crippen LogP contribution in [0.1, 0.15) is 68.1 Å². The third-order valence-electron chi connectivity index (χ3n) is 13.5. The van der Waals surface area contributed by atoms with Gasteiger partial charge in [0.25, 0.3) is 0 Å². The van der Waals surface area contributed by atoms with Crippen LogP contribution in [0.3, 0.4) is 0 Å². The van der Waals surface area contributed by atoms with Crippen LogP contribution in [0, 0.1) is 33.6 Å². The molecule has 0 spiro atoms. The van der Waals surface area contributed by atoms with Gasteiger partial charge in [0.2, 0.25) is 0 Å². The molecule has 6 aromatic carbocycles. The molecule has 0 amide bonds. The smallest absolute Gasteiger partial charge is 0.163 e. The Kier molecular flexibility index (Phi) is 14.4. The van der Waals surface area contributed by atoms with Crippen LogP contribution in [0.25, 0.3) is 22.8 Å². The Labute approximate surface area is 421 Å². The lowest BCUT2D eigenvalue weighted by Gasteiger charge is -2.33. The number of hydrogen-bond donors (Lipinski definition) is 0. The zero-order valence-corrected chi connectivity index (χ0v) is 42.4. The first kappa shape index (κ1) is 48.0. The van der Waals surface area contributed by atoms with Gasteiger partial charge in [-0.15, -0.1) is 0 Å². The van der Waals surface area contributed by atoms with Crippen molar-refractivity contribution in [2.45, 2.75) is 73.8 Å². The lowest BCUT2D eigenvalue weighted by Crippen LogP contribution is -2.32. The third-order valence-corrected chi connectivity index (χ3v) is 13.5.